The maximum Gasteiger partial charge on any atom is 0.490 e. The highest BCUT2D eigenvalue weighted by molar-refractivity contribution is 7.92. The van der Waals surface area contributed by atoms with Gasteiger partial charge in [0.05, 0.1) is 23.4 Å². The molecule has 14 heteroatoms. The molecule has 0 aliphatic carbocycles. The van der Waals surface area contributed by atoms with Crippen molar-refractivity contribution in [1.82, 2.24) is 4.98 Å². The number of nitrogens with one attached hydrogen (secondary N) is 1. The van der Waals surface area contributed by atoms with Gasteiger partial charge in [0, 0.05) is 13.1 Å². The van der Waals surface area contributed by atoms with Gasteiger partial charge < -0.3 is 19.8 Å². The Kier molecular flexibility index (Phi) is 10.2. The van der Waals surface area contributed by atoms with Crippen molar-refractivity contribution in [3.8, 4) is 5.75 Å². The van der Waals surface area contributed by atoms with Crippen molar-refractivity contribution in [3.63, 3.8) is 0 Å². The molecule has 2 aromatic carbocycles. The molecule has 1 aliphatic heterocycles. The maximum atomic E-state index is 12.8. The van der Waals surface area contributed by atoms with Gasteiger partial charge in [0.15, 0.2) is 0 Å². The van der Waals surface area contributed by atoms with Crippen LogP contribution in [0.25, 0.3) is 5.57 Å². The summed E-state index contributed by atoms with van der Waals surface area (Å²) in [5.74, 6) is -3.07. The van der Waals surface area contributed by atoms with Gasteiger partial charge in [-0.15, -0.1) is 0 Å². The Bertz CT molecular complexity index is 1570. The molecule has 224 valence electrons. The van der Waals surface area contributed by atoms with Crippen LogP contribution >= 0.6 is 0 Å². The Morgan fingerprint density at radius 3 is 2.26 bits per heavy atom. The number of pyridine rings is 1. The number of carboxylic acid groups (broad SMARTS) is 2. The molecule has 2 heterocycles. The van der Waals surface area contributed by atoms with Crippen molar-refractivity contribution in [2.75, 3.05) is 29.3 Å². The normalized spacial score (nSPS) is 13.4. The summed E-state index contributed by atoms with van der Waals surface area (Å²) in [5, 5.41) is 16.9. The van der Waals surface area contributed by atoms with Crippen molar-refractivity contribution in [2.45, 2.75) is 31.3 Å². The van der Waals surface area contributed by atoms with Gasteiger partial charge >= 0.3 is 18.1 Å². The first-order chi connectivity index (χ1) is 19.7. The van der Waals surface area contributed by atoms with Crippen molar-refractivity contribution in [1.29, 1.82) is 0 Å². The highest BCUT2D eigenvalue weighted by Gasteiger charge is 2.38. The van der Waals surface area contributed by atoms with E-state index in [1.807, 2.05) is 24.0 Å². The number of nitrogens with zero attached hydrogens (tertiary/aromatic N) is 2. The highest BCUT2D eigenvalue weighted by Crippen LogP contribution is 2.30. The van der Waals surface area contributed by atoms with Gasteiger partial charge in [-0.25, -0.2) is 23.0 Å². The van der Waals surface area contributed by atoms with Gasteiger partial charge in [-0.3, -0.25) is 4.72 Å². The summed E-state index contributed by atoms with van der Waals surface area (Å²) in [7, 11) is -3.93. The number of hydrogen-bond acceptors (Lipinski definition) is 7. The van der Waals surface area contributed by atoms with Crippen LogP contribution in [0.3, 0.4) is 0 Å². The molecule has 0 unspecified atom stereocenters. The SMILES string of the molecule is CCOc1ccc(S(=O)(=O)Nc2cnc(N3CC=C(c4ccccc4C)CC3)c(C(=O)O)c2)cc1.O=C(O)C(F)(F)F. The second kappa shape index (κ2) is 13.4. The molecular formula is C28H28F3N3O7S. The zero-order valence-electron chi connectivity index (χ0n) is 22.6. The van der Waals surface area contributed by atoms with Gasteiger partial charge in [0.25, 0.3) is 10.0 Å². The monoisotopic (exact) mass is 607 g/mol. The average Bonchev–Trinajstić information content (AvgIpc) is 2.93. The number of carbonyl (C=O) groups is 2. The fourth-order valence-electron chi connectivity index (χ4n) is 4.06. The van der Waals surface area contributed by atoms with Crippen LogP contribution in [0.5, 0.6) is 5.75 Å². The van der Waals surface area contributed by atoms with Gasteiger partial charge in [-0.05, 0) is 67.3 Å². The van der Waals surface area contributed by atoms with E-state index < -0.39 is 28.1 Å². The first-order valence-electron chi connectivity index (χ1n) is 12.5. The summed E-state index contributed by atoms with van der Waals surface area (Å²) < 4.78 is 65.1. The molecule has 10 nitrogen and oxygen atoms in total. The Hall–Kier alpha value is -4.59. The van der Waals surface area contributed by atoms with E-state index in [-0.39, 0.29) is 16.1 Å². The molecule has 0 bridgehead atoms. The lowest BCUT2D eigenvalue weighted by Crippen LogP contribution is -2.30. The number of rotatable bonds is 8. The molecule has 0 amide bonds. The number of aromatic carboxylic acids is 1. The van der Waals surface area contributed by atoms with E-state index in [2.05, 4.69) is 34.8 Å². The average molecular weight is 608 g/mol. The third kappa shape index (κ3) is 8.22. The topological polar surface area (TPSA) is 146 Å². The van der Waals surface area contributed by atoms with Crippen LogP contribution in [-0.2, 0) is 14.8 Å². The van der Waals surface area contributed by atoms with E-state index in [1.165, 1.54) is 41.1 Å². The lowest BCUT2D eigenvalue weighted by atomic mass is 9.95. The number of sulfonamides is 1. The van der Waals surface area contributed by atoms with Crippen LogP contribution in [0.4, 0.5) is 24.7 Å². The lowest BCUT2D eigenvalue weighted by Gasteiger charge is -2.29. The van der Waals surface area contributed by atoms with Crippen LogP contribution in [0, 0.1) is 6.92 Å². The summed E-state index contributed by atoms with van der Waals surface area (Å²) in [4.78, 5) is 27.1. The summed E-state index contributed by atoms with van der Waals surface area (Å²) in [6.07, 6.45) is -0.909. The minimum atomic E-state index is -5.08. The van der Waals surface area contributed by atoms with E-state index in [9.17, 15) is 31.5 Å². The van der Waals surface area contributed by atoms with E-state index in [0.717, 1.165) is 6.42 Å². The van der Waals surface area contributed by atoms with Gasteiger partial charge in [0.2, 0.25) is 0 Å². The summed E-state index contributed by atoms with van der Waals surface area (Å²) in [6.45, 7) is 5.49. The van der Waals surface area contributed by atoms with Crippen molar-refractivity contribution < 1.29 is 46.1 Å². The number of aliphatic carboxylic acids is 1. The van der Waals surface area contributed by atoms with Crippen molar-refractivity contribution >= 4 is 39.0 Å². The molecule has 0 saturated heterocycles. The third-order valence-corrected chi connectivity index (χ3v) is 7.43. The molecule has 1 aromatic heterocycles. The Morgan fingerprint density at radius 2 is 1.74 bits per heavy atom. The van der Waals surface area contributed by atoms with Crippen LogP contribution in [-0.4, -0.2) is 61.4 Å². The number of anilines is 2. The molecule has 0 atom stereocenters. The third-order valence-electron chi connectivity index (χ3n) is 6.04. The predicted octanol–water partition coefficient (Wildman–Crippen LogP) is 5.21. The summed E-state index contributed by atoms with van der Waals surface area (Å²) >= 11 is 0. The number of aromatic nitrogens is 1. The molecule has 3 aromatic rings. The number of aryl methyl sites for hydroxylation is 1. The number of hydrogen-bond donors (Lipinski definition) is 3. The maximum absolute atomic E-state index is 12.8. The molecule has 0 radical (unpaired) electrons. The molecule has 42 heavy (non-hydrogen) atoms. The van der Waals surface area contributed by atoms with Gasteiger partial charge in [-0.2, -0.15) is 13.2 Å². The zero-order valence-corrected chi connectivity index (χ0v) is 23.4. The Labute approximate surface area is 240 Å². The van der Waals surface area contributed by atoms with Crippen molar-refractivity contribution in [2.24, 2.45) is 0 Å². The molecule has 0 spiro atoms. The smallest absolute Gasteiger partial charge is 0.490 e. The van der Waals surface area contributed by atoms with Gasteiger partial charge in [-0.1, -0.05) is 30.3 Å². The van der Waals surface area contributed by atoms with Crippen LogP contribution in [0.2, 0.25) is 0 Å². The van der Waals surface area contributed by atoms with Crippen LogP contribution in [0.1, 0.15) is 34.8 Å². The minimum absolute atomic E-state index is 0.0341. The van der Waals surface area contributed by atoms with E-state index in [0.29, 0.717) is 31.3 Å². The summed E-state index contributed by atoms with van der Waals surface area (Å²) in [5.41, 5.74) is 3.62. The fourth-order valence-corrected chi connectivity index (χ4v) is 5.09. The standard InChI is InChI=1S/C26H27N3O5S.C2HF3O2/c1-3-34-21-8-10-22(11-9-21)35(32,33)28-20-16-24(26(30)31)25(27-17-20)29-14-12-19(13-15-29)23-7-5-4-6-18(23)2;3-2(4,5)1(6)7/h4-12,16-17,28H,3,13-15H2,1-2H3,(H,30,31);(H,6,7). The molecule has 0 fully saturated rings. The number of benzene rings is 2. The molecule has 3 N–H and O–H groups in total. The molecule has 4 rings (SSSR count). The highest BCUT2D eigenvalue weighted by atomic mass is 32.2. The minimum Gasteiger partial charge on any atom is -0.494 e. The fraction of sp³-hybridized carbons (Fsp3) is 0.250. The Morgan fingerprint density at radius 1 is 1.10 bits per heavy atom. The van der Waals surface area contributed by atoms with Crippen LogP contribution in [0.15, 0.2) is 71.8 Å². The summed E-state index contributed by atoms with van der Waals surface area (Å²) in [6, 6.07) is 15.5. The van der Waals surface area contributed by atoms with E-state index >= 15 is 0 Å². The van der Waals surface area contributed by atoms with Crippen molar-refractivity contribution in [3.05, 3.63) is 83.6 Å². The largest absolute Gasteiger partial charge is 0.494 e. The quantitative estimate of drug-likeness (QED) is 0.314. The molecule has 1 aliphatic rings. The lowest BCUT2D eigenvalue weighted by molar-refractivity contribution is -0.192. The van der Waals surface area contributed by atoms with E-state index in [1.54, 1.807) is 12.1 Å². The zero-order chi connectivity index (χ0) is 31.1. The second-order valence-corrected chi connectivity index (χ2v) is 10.6. The number of carboxylic acids is 2. The molecule has 0 saturated carbocycles. The molecular weight excluding hydrogens is 579 g/mol. The van der Waals surface area contributed by atoms with Crippen LogP contribution < -0.4 is 14.4 Å². The second-order valence-electron chi connectivity index (χ2n) is 8.95. The first kappa shape index (κ1) is 31.9. The Balaban J connectivity index is 0.000000616. The predicted molar refractivity (Wildman–Crippen MR) is 149 cm³/mol. The number of ether oxygens (including phenoxy) is 1. The van der Waals surface area contributed by atoms with E-state index in [4.69, 9.17) is 14.6 Å². The first-order valence-corrected chi connectivity index (χ1v) is 14.0. The number of alkyl halides is 3. The van der Waals surface area contributed by atoms with Gasteiger partial charge in [0.1, 0.15) is 17.1 Å². The number of halogens is 3.